The molecule has 0 amide bonds. The van der Waals surface area contributed by atoms with Gasteiger partial charge in [-0.2, -0.15) is 0 Å². The number of pyridine rings is 1. The number of hydrogen-bond acceptors (Lipinski definition) is 3. The predicted octanol–water partition coefficient (Wildman–Crippen LogP) is 2.96. The highest BCUT2D eigenvalue weighted by Gasteiger charge is 2.23. The van der Waals surface area contributed by atoms with Crippen LogP contribution in [0.3, 0.4) is 0 Å². The van der Waals surface area contributed by atoms with E-state index in [-0.39, 0.29) is 0 Å². The second-order valence-corrected chi connectivity index (χ2v) is 4.87. The van der Waals surface area contributed by atoms with Gasteiger partial charge in [0.2, 0.25) is 0 Å². The average Bonchev–Trinajstić information content (AvgIpc) is 2.90. The van der Waals surface area contributed by atoms with Crippen LogP contribution in [0.5, 0.6) is 5.75 Å². The van der Waals surface area contributed by atoms with E-state index < -0.39 is 0 Å². The van der Waals surface area contributed by atoms with Gasteiger partial charge in [0.25, 0.3) is 0 Å². The molecular weight excluding hydrogens is 236 g/mol. The van der Waals surface area contributed by atoms with Crippen LogP contribution in [0.25, 0.3) is 11.1 Å². The molecule has 0 saturated heterocycles. The molecule has 1 unspecified atom stereocenters. The van der Waals surface area contributed by atoms with Crippen LogP contribution in [0, 0.1) is 0 Å². The molecule has 3 heteroatoms. The van der Waals surface area contributed by atoms with Gasteiger partial charge in [-0.3, -0.25) is 4.98 Å². The summed E-state index contributed by atoms with van der Waals surface area (Å²) in [6.45, 7) is 0. The summed E-state index contributed by atoms with van der Waals surface area (Å²) < 4.78 is 5.26. The molecule has 1 atom stereocenters. The Kier molecular flexibility index (Phi) is 3.22. The van der Waals surface area contributed by atoms with E-state index in [9.17, 15) is 0 Å². The Balaban J connectivity index is 2.09. The zero-order chi connectivity index (χ0) is 13.2. The van der Waals surface area contributed by atoms with Crippen molar-refractivity contribution in [3.8, 4) is 16.9 Å². The Morgan fingerprint density at radius 1 is 1.32 bits per heavy atom. The van der Waals surface area contributed by atoms with Crippen molar-refractivity contribution in [2.24, 2.45) is 0 Å². The first-order valence-electron chi connectivity index (χ1n) is 6.62. The first-order chi connectivity index (χ1) is 9.33. The lowest BCUT2D eigenvalue weighted by Gasteiger charge is -2.12. The third-order valence-electron chi connectivity index (χ3n) is 3.88. The summed E-state index contributed by atoms with van der Waals surface area (Å²) in [6, 6.07) is 9.06. The van der Waals surface area contributed by atoms with Crippen molar-refractivity contribution in [2.75, 3.05) is 14.2 Å². The van der Waals surface area contributed by atoms with Crippen molar-refractivity contribution in [1.29, 1.82) is 0 Å². The molecule has 1 aromatic carbocycles. The zero-order valence-electron chi connectivity index (χ0n) is 11.3. The van der Waals surface area contributed by atoms with E-state index in [4.69, 9.17) is 4.74 Å². The van der Waals surface area contributed by atoms with Gasteiger partial charge in [-0.15, -0.1) is 0 Å². The van der Waals surface area contributed by atoms with Crippen molar-refractivity contribution in [1.82, 2.24) is 10.3 Å². The van der Waals surface area contributed by atoms with Crippen molar-refractivity contribution in [2.45, 2.75) is 18.9 Å². The van der Waals surface area contributed by atoms with Crippen LogP contribution >= 0.6 is 0 Å². The summed E-state index contributed by atoms with van der Waals surface area (Å²) in [5.41, 5.74) is 5.27. The fraction of sp³-hybridized carbons (Fsp3) is 0.312. The van der Waals surface area contributed by atoms with Crippen LogP contribution in [-0.2, 0) is 6.42 Å². The van der Waals surface area contributed by atoms with Crippen LogP contribution in [0.4, 0.5) is 0 Å². The molecule has 0 fully saturated rings. The van der Waals surface area contributed by atoms with Gasteiger partial charge in [0.15, 0.2) is 0 Å². The first kappa shape index (κ1) is 12.2. The van der Waals surface area contributed by atoms with E-state index in [1.165, 1.54) is 23.1 Å². The average molecular weight is 254 g/mol. The van der Waals surface area contributed by atoms with Crippen molar-refractivity contribution in [3.05, 3.63) is 47.8 Å². The molecule has 98 valence electrons. The maximum absolute atomic E-state index is 5.26. The molecule has 0 radical (unpaired) electrons. The molecule has 0 saturated carbocycles. The highest BCUT2D eigenvalue weighted by Crippen LogP contribution is 2.37. The molecule has 1 aliphatic rings. The predicted molar refractivity (Wildman–Crippen MR) is 76.3 cm³/mol. The lowest BCUT2D eigenvalue weighted by molar-refractivity contribution is 0.413. The normalized spacial score (nSPS) is 17.3. The summed E-state index contributed by atoms with van der Waals surface area (Å²) in [7, 11) is 3.70. The van der Waals surface area contributed by atoms with Gasteiger partial charge in [-0.05, 0) is 42.6 Å². The minimum absolute atomic E-state index is 0.480. The third-order valence-corrected chi connectivity index (χ3v) is 3.88. The van der Waals surface area contributed by atoms with Crippen LogP contribution in [0.1, 0.15) is 23.6 Å². The van der Waals surface area contributed by atoms with Gasteiger partial charge in [0, 0.05) is 17.8 Å². The Labute approximate surface area is 113 Å². The van der Waals surface area contributed by atoms with Crippen molar-refractivity contribution >= 4 is 0 Å². The smallest absolute Gasteiger partial charge is 0.137 e. The van der Waals surface area contributed by atoms with E-state index in [1.807, 2.05) is 13.2 Å². The maximum Gasteiger partial charge on any atom is 0.137 e. The number of methoxy groups -OCH3 is 1. The second-order valence-electron chi connectivity index (χ2n) is 4.87. The minimum atomic E-state index is 0.480. The number of benzene rings is 1. The summed E-state index contributed by atoms with van der Waals surface area (Å²) >= 11 is 0. The Bertz CT molecular complexity index is 595. The van der Waals surface area contributed by atoms with Crippen LogP contribution in [-0.4, -0.2) is 19.1 Å². The van der Waals surface area contributed by atoms with Gasteiger partial charge in [0.1, 0.15) is 5.75 Å². The summed E-state index contributed by atoms with van der Waals surface area (Å²) in [5, 5.41) is 3.38. The van der Waals surface area contributed by atoms with E-state index in [2.05, 4.69) is 34.6 Å². The van der Waals surface area contributed by atoms with Crippen molar-refractivity contribution < 1.29 is 4.74 Å². The molecule has 1 N–H and O–H groups in total. The Hall–Kier alpha value is -1.87. The molecule has 2 aromatic rings. The van der Waals surface area contributed by atoms with Gasteiger partial charge in [-0.25, -0.2) is 0 Å². The summed E-state index contributed by atoms with van der Waals surface area (Å²) in [4.78, 5) is 4.26. The van der Waals surface area contributed by atoms with Crippen LogP contribution in [0.2, 0.25) is 0 Å². The van der Waals surface area contributed by atoms with E-state index in [1.54, 1.807) is 13.3 Å². The van der Waals surface area contributed by atoms with Gasteiger partial charge in [-0.1, -0.05) is 18.2 Å². The number of nitrogens with one attached hydrogen (secondary N) is 1. The van der Waals surface area contributed by atoms with Gasteiger partial charge in [0.05, 0.1) is 13.3 Å². The number of fused-ring (bicyclic) bond motifs is 1. The molecular formula is C16H18N2O. The molecule has 1 heterocycles. The van der Waals surface area contributed by atoms with E-state index >= 15 is 0 Å². The van der Waals surface area contributed by atoms with E-state index in [0.717, 1.165) is 17.7 Å². The Morgan fingerprint density at radius 2 is 2.21 bits per heavy atom. The largest absolute Gasteiger partial charge is 0.495 e. The highest BCUT2D eigenvalue weighted by atomic mass is 16.5. The monoisotopic (exact) mass is 254 g/mol. The number of hydrogen-bond donors (Lipinski definition) is 1. The topological polar surface area (TPSA) is 34.2 Å². The third kappa shape index (κ3) is 2.10. The first-order valence-corrected chi connectivity index (χ1v) is 6.62. The number of aromatic nitrogens is 1. The van der Waals surface area contributed by atoms with Gasteiger partial charge < -0.3 is 10.1 Å². The standard InChI is InChI=1S/C16H18N2O/c1-17-16-7-6-14-13(4-3-5-15(14)16)11-8-12(19-2)10-18-9-11/h3-5,8-10,16-17H,6-7H2,1-2H3. The lowest BCUT2D eigenvalue weighted by Crippen LogP contribution is -2.12. The quantitative estimate of drug-likeness (QED) is 0.914. The SMILES string of the molecule is CNC1CCc2c(-c3cncc(OC)c3)cccc21. The maximum atomic E-state index is 5.26. The number of ether oxygens (including phenoxy) is 1. The molecule has 0 spiro atoms. The molecule has 3 rings (SSSR count). The molecule has 1 aromatic heterocycles. The molecule has 1 aliphatic carbocycles. The van der Waals surface area contributed by atoms with Crippen molar-refractivity contribution in [3.63, 3.8) is 0 Å². The van der Waals surface area contributed by atoms with Gasteiger partial charge >= 0.3 is 0 Å². The van der Waals surface area contributed by atoms with E-state index in [0.29, 0.717) is 6.04 Å². The number of nitrogens with zero attached hydrogens (tertiary/aromatic N) is 1. The number of rotatable bonds is 3. The van der Waals surface area contributed by atoms with Crippen LogP contribution in [0.15, 0.2) is 36.7 Å². The molecule has 19 heavy (non-hydrogen) atoms. The molecule has 3 nitrogen and oxygen atoms in total. The molecule has 0 aliphatic heterocycles. The summed E-state index contributed by atoms with van der Waals surface area (Å²) in [6.07, 6.45) is 5.93. The fourth-order valence-corrected chi connectivity index (χ4v) is 2.90. The lowest BCUT2D eigenvalue weighted by atomic mass is 9.97. The highest BCUT2D eigenvalue weighted by molar-refractivity contribution is 5.70. The summed E-state index contributed by atoms with van der Waals surface area (Å²) in [5.74, 6) is 0.804. The Morgan fingerprint density at radius 3 is 3.00 bits per heavy atom. The second kappa shape index (κ2) is 5.02. The zero-order valence-corrected chi connectivity index (χ0v) is 11.3. The van der Waals surface area contributed by atoms with Crippen LogP contribution < -0.4 is 10.1 Å². The minimum Gasteiger partial charge on any atom is -0.495 e. The molecule has 0 bridgehead atoms. The fourth-order valence-electron chi connectivity index (χ4n) is 2.90.